The van der Waals surface area contributed by atoms with Gasteiger partial charge in [0, 0.05) is 24.8 Å². The van der Waals surface area contributed by atoms with E-state index in [1.807, 2.05) is 13.8 Å². The Morgan fingerprint density at radius 3 is 2.42 bits per heavy atom. The highest BCUT2D eigenvalue weighted by Gasteiger charge is 2.35. The second-order valence-electron chi connectivity index (χ2n) is 4.64. The number of nitrogens with two attached hydrogens (primary N) is 1. The topological polar surface area (TPSA) is 74.0 Å². The number of ether oxygens (including phenoxy) is 2. The fourth-order valence-corrected chi connectivity index (χ4v) is 3.65. The van der Waals surface area contributed by atoms with Gasteiger partial charge in [-0.15, -0.1) is 23.2 Å². The third-order valence-corrected chi connectivity index (χ3v) is 4.64. The molecule has 9 heteroatoms. The van der Waals surface area contributed by atoms with Gasteiger partial charge in [0.2, 0.25) is 0 Å². The van der Waals surface area contributed by atoms with Crippen LogP contribution in [-0.2, 0) is 18.6 Å². The van der Waals surface area contributed by atoms with Crippen LogP contribution in [0, 0.1) is 0 Å². The summed E-state index contributed by atoms with van der Waals surface area (Å²) in [7, 11) is -3.40. The molecule has 0 bridgehead atoms. The SMILES string of the molecule is CC1(C)OC[C@@H](CO[P@](N)(=O)N(CCCl)CCCl)O1. The zero-order valence-corrected chi connectivity index (χ0v) is 13.6. The van der Waals surface area contributed by atoms with Gasteiger partial charge in [-0.1, -0.05) is 0 Å². The number of halogens is 2. The summed E-state index contributed by atoms with van der Waals surface area (Å²) < 4.78 is 30.0. The van der Waals surface area contributed by atoms with Gasteiger partial charge in [-0.05, 0) is 13.8 Å². The molecule has 114 valence electrons. The van der Waals surface area contributed by atoms with Gasteiger partial charge in [0.25, 0.3) is 0 Å². The molecule has 0 radical (unpaired) electrons. The summed E-state index contributed by atoms with van der Waals surface area (Å²) in [5.41, 5.74) is 5.72. The van der Waals surface area contributed by atoms with E-state index in [-0.39, 0.29) is 12.7 Å². The van der Waals surface area contributed by atoms with E-state index in [1.165, 1.54) is 4.67 Å². The first-order valence-corrected chi connectivity index (χ1v) is 8.74. The molecule has 1 aliphatic rings. The van der Waals surface area contributed by atoms with Crippen LogP contribution in [-0.4, -0.2) is 54.6 Å². The van der Waals surface area contributed by atoms with Crippen molar-refractivity contribution in [3.63, 3.8) is 0 Å². The molecule has 0 aromatic rings. The predicted molar refractivity (Wildman–Crippen MR) is 75.7 cm³/mol. The molecular formula is C10H21Cl2N2O4P. The molecule has 0 spiro atoms. The molecule has 1 fully saturated rings. The third-order valence-electron chi connectivity index (χ3n) is 2.59. The van der Waals surface area contributed by atoms with E-state index in [1.54, 1.807) is 0 Å². The Hall–Kier alpha value is 0.610. The minimum atomic E-state index is -3.40. The second kappa shape index (κ2) is 7.57. The van der Waals surface area contributed by atoms with E-state index in [4.69, 9.17) is 42.7 Å². The van der Waals surface area contributed by atoms with Gasteiger partial charge in [0.1, 0.15) is 6.10 Å². The molecule has 19 heavy (non-hydrogen) atoms. The first-order valence-electron chi connectivity index (χ1n) is 6.03. The first-order chi connectivity index (χ1) is 8.80. The Morgan fingerprint density at radius 2 is 2.00 bits per heavy atom. The Kier molecular flexibility index (Phi) is 7.04. The van der Waals surface area contributed by atoms with Crippen LogP contribution in [0.1, 0.15) is 13.8 Å². The van der Waals surface area contributed by atoms with Gasteiger partial charge in [0.15, 0.2) is 5.79 Å². The van der Waals surface area contributed by atoms with Crippen molar-refractivity contribution in [1.82, 2.24) is 4.67 Å². The molecular weight excluding hydrogens is 314 g/mol. The molecule has 1 rings (SSSR count). The normalized spacial score (nSPS) is 25.7. The molecule has 1 saturated heterocycles. The van der Waals surface area contributed by atoms with Crippen molar-refractivity contribution in [1.29, 1.82) is 0 Å². The van der Waals surface area contributed by atoms with E-state index < -0.39 is 13.5 Å². The van der Waals surface area contributed by atoms with E-state index in [9.17, 15) is 4.57 Å². The van der Waals surface area contributed by atoms with Crippen LogP contribution < -0.4 is 5.50 Å². The molecule has 0 amide bonds. The van der Waals surface area contributed by atoms with Crippen LogP contribution in [0.4, 0.5) is 0 Å². The maximum Gasteiger partial charge on any atom is 0.340 e. The number of hydrogen-bond acceptors (Lipinski definition) is 4. The first kappa shape index (κ1) is 17.7. The van der Waals surface area contributed by atoms with Crippen LogP contribution in [0.25, 0.3) is 0 Å². The number of hydrogen-bond donors (Lipinski definition) is 1. The standard InChI is InChI=1S/C10H21Cl2N2O4P/c1-10(2)16-7-9(18-10)8-17-19(13,15)14(5-3-11)6-4-12/h9H,3-8H2,1-2H3,(H2,13,15)/t9-,19-/m0/s1. The van der Waals surface area contributed by atoms with Crippen LogP contribution in [0.2, 0.25) is 0 Å². The lowest BCUT2D eigenvalue weighted by atomic mass is 10.4. The Bertz CT molecular complexity index is 327. The minimum Gasteiger partial charge on any atom is -0.348 e. The molecule has 2 N–H and O–H groups in total. The number of alkyl halides is 2. The van der Waals surface area contributed by atoms with Crippen molar-refractivity contribution in [2.24, 2.45) is 5.50 Å². The number of nitrogens with zero attached hydrogens (tertiary/aromatic N) is 1. The van der Waals surface area contributed by atoms with E-state index in [0.717, 1.165) is 0 Å². The second-order valence-corrected chi connectivity index (χ2v) is 7.35. The zero-order valence-electron chi connectivity index (χ0n) is 11.2. The summed E-state index contributed by atoms with van der Waals surface area (Å²) in [6, 6.07) is 0. The predicted octanol–water partition coefficient (Wildman–Crippen LogP) is 2.00. The third kappa shape index (κ3) is 5.86. The quantitative estimate of drug-likeness (QED) is 0.540. The maximum absolute atomic E-state index is 12.3. The molecule has 2 atom stereocenters. The lowest BCUT2D eigenvalue weighted by Gasteiger charge is -2.27. The summed E-state index contributed by atoms with van der Waals surface area (Å²) >= 11 is 11.3. The fourth-order valence-electron chi connectivity index (χ4n) is 1.70. The highest BCUT2D eigenvalue weighted by atomic mass is 35.5. The summed E-state index contributed by atoms with van der Waals surface area (Å²) in [5.74, 6) is -0.0341. The molecule has 6 nitrogen and oxygen atoms in total. The molecule has 0 aromatic carbocycles. The minimum absolute atomic E-state index is 0.109. The molecule has 0 unspecified atom stereocenters. The van der Waals surface area contributed by atoms with Crippen LogP contribution in [0.5, 0.6) is 0 Å². The van der Waals surface area contributed by atoms with Gasteiger partial charge in [-0.3, -0.25) is 4.57 Å². The van der Waals surface area contributed by atoms with Gasteiger partial charge < -0.3 is 14.0 Å². The lowest BCUT2D eigenvalue weighted by Crippen LogP contribution is -2.31. The van der Waals surface area contributed by atoms with Crippen molar-refractivity contribution >= 4 is 30.9 Å². The van der Waals surface area contributed by atoms with Crippen molar-refractivity contribution < 1.29 is 18.6 Å². The average Bonchev–Trinajstić information content (AvgIpc) is 2.66. The lowest BCUT2D eigenvalue weighted by molar-refractivity contribution is -0.141. The van der Waals surface area contributed by atoms with E-state index in [0.29, 0.717) is 31.5 Å². The van der Waals surface area contributed by atoms with Crippen LogP contribution in [0.15, 0.2) is 0 Å². The highest BCUT2D eigenvalue weighted by molar-refractivity contribution is 7.53. The smallest absolute Gasteiger partial charge is 0.340 e. The number of rotatable bonds is 8. The van der Waals surface area contributed by atoms with Crippen molar-refractivity contribution in [2.45, 2.75) is 25.7 Å². The monoisotopic (exact) mass is 334 g/mol. The van der Waals surface area contributed by atoms with Gasteiger partial charge >= 0.3 is 7.67 Å². The molecule has 0 aromatic heterocycles. The van der Waals surface area contributed by atoms with E-state index >= 15 is 0 Å². The summed E-state index contributed by atoms with van der Waals surface area (Å²) in [5, 5.41) is 0. The van der Waals surface area contributed by atoms with Crippen LogP contribution >= 0.6 is 30.9 Å². The largest absolute Gasteiger partial charge is 0.348 e. The van der Waals surface area contributed by atoms with Crippen molar-refractivity contribution in [2.75, 3.05) is 38.1 Å². The summed E-state index contributed by atoms with van der Waals surface area (Å²) in [4.78, 5) is 0. The molecule has 0 aliphatic carbocycles. The van der Waals surface area contributed by atoms with E-state index in [2.05, 4.69) is 0 Å². The molecule has 1 heterocycles. The van der Waals surface area contributed by atoms with Gasteiger partial charge in [-0.25, -0.2) is 10.2 Å². The molecule has 1 aliphatic heterocycles. The summed E-state index contributed by atoms with van der Waals surface area (Å²) in [6.45, 7) is 4.83. The van der Waals surface area contributed by atoms with Crippen molar-refractivity contribution in [3.8, 4) is 0 Å². The van der Waals surface area contributed by atoms with Gasteiger partial charge in [0.05, 0.1) is 13.2 Å². The van der Waals surface area contributed by atoms with Gasteiger partial charge in [-0.2, -0.15) is 0 Å². The molecule has 0 saturated carbocycles. The Labute approximate surface area is 124 Å². The summed E-state index contributed by atoms with van der Waals surface area (Å²) in [6.07, 6.45) is -0.277. The zero-order chi connectivity index (χ0) is 14.5. The maximum atomic E-state index is 12.3. The Morgan fingerprint density at radius 1 is 1.42 bits per heavy atom. The van der Waals surface area contributed by atoms with Crippen LogP contribution in [0.3, 0.4) is 0 Å². The average molecular weight is 335 g/mol. The fraction of sp³-hybridized carbons (Fsp3) is 1.00. The highest BCUT2D eigenvalue weighted by Crippen LogP contribution is 2.42. The Balaban J connectivity index is 2.47. The van der Waals surface area contributed by atoms with Crippen molar-refractivity contribution in [3.05, 3.63) is 0 Å².